The zero-order valence-electron chi connectivity index (χ0n) is 13.3. The van der Waals surface area contributed by atoms with E-state index in [1.807, 2.05) is 36.3 Å². The van der Waals surface area contributed by atoms with Gasteiger partial charge in [-0.1, -0.05) is 12.1 Å². The third kappa shape index (κ3) is 2.84. The van der Waals surface area contributed by atoms with E-state index in [2.05, 4.69) is 6.58 Å². The zero-order chi connectivity index (χ0) is 16.6. The van der Waals surface area contributed by atoms with E-state index in [4.69, 9.17) is 4.74 Å². The summed E-state index contributed by atoms with van der Waals surface area (Å²) < 4.78 is 5.75. The van der Waals surface area contributed by atoms with Gasteiger partial charge in [-0.3, -0.25) is 14.5 Å². The molecule has 1 fully saturated rings. The summed E-state index contributed by atoms with van der Waals surface area (Å²) in [5.74, 6) is -0.473. The van der Waals surface area contributed by atoms with Crippen LogP contribution in [0.4, 0.5) is 0 Å². The molecule has 0 N–H and O–H groups in total. The number of morpholine rings is 1. The number of rotatable bonds is 4. The van der Waals surface area contributed by atoms with E-state index in [0.29, 0.717) is 24.4 Å². The van der Waals surface area contributed by atoms with Crippen molar-refractivity contribution >= 4 is 28.7 Å². The fraction of sp³-hybridized carbons (Fsp3) is 0.412. The minimum absolute atomic E-state index is 0.0205. The van der Waals surface area contributed by atoms with E-state index in [9.17, 15) is 9.59 Å². The molecule has 0 aliphatic carbocycles. The van der Waals surface area contributed by atoms with Crippen molar-refractivity contribution in [3.05, 3.63) is 40.7 Å². The molecule has 0 aromatic carbocycles. The lowest BCUT2D eigenvalue weighted by Gasteiger charge is -2.37. The van der Waals surface area contributed by atoms with E-state index in [0.717, 1.165) is 4.88 Å². The Morgan fingerprint density at radius 3 is 2.57 bits per heavy atom. The first-order chi connectivity index (χ1) is 11.0. The first kappa shape index (κ1) is 16.0. The van der Waals surface area contributed by atoms with Crippen molar-refractivity contribution in [2.24, 2.45) is 0 Å². The largest absolute Gasteiger partial charge is 0.372 e. The summed E-state index contributed by atoms with van der Waals surface area (Å²) in [4.78, 5) is 29.7. The Labute approximate surface area is 139 Å². The van der Waals surface area contributed by atoms with Crippen LogP contribution in [-0.4, -0.2) is 53.5 Å². The van der Waals surface area contributed by atoms with Gasteiger partial charge in [-0.25, -0.2) is 0 Å². The number of carbonyl (C=O) groups is 2. The monoisotopic (exact) mass is 332 g/mol. The summed E-state index contributed by atoms with van der Waals surface area (Å²) in [6, 6.07) is 3.78. The van der Waals surface area contributed by atoms with Crippen LogP contribution in [0, 0.1) is 0 Å². The van der Waals surface area contributed by atoms with Crippen molar-refractivity contribution in [3.63, 3.8) is 0 Å². The predicted octanol–water partition coefficient (Wildman–Crippen LogP) is 2.12. The molecule has 1 aromatic heterocycles. The second kappa shape index (κ2) is 6.29. The van der Waals surface area contributed by atoms with Crippen LogP contribution in [0.2, 0.25) is 0 Å². The summed E-state index contributed by atoms with van der Waals surface area (Å²) in [6.07, 6.45) is 1.62. The SMILES string of the molecule is C=CCN1C(=O)C(c2cccs2)=C(N2CC(C)OC(C)C2)C1=O. The van der Waals surface area contributed by atoms with Gasteiger partial charge in [-0.05, 0) is 25.3 Å². The maximum absolute atomic E-state index is 12.8. The van der Waals surface area contributed by atoms with Crippen LogP contribution < -0.4 is 0 Å². The molecule has 2 amide bonds. The lowest BCUT2D eigenvalue weighted by atomic mass is 10.1. The van der Waals surface area contributed by atoms with Gasteiger partial charge in [0.25, 0.3) is 11.8 Å². The standard InChI is InChI=1S/C17H20N2O3S/c1-4-7-19-16(20)14(13-6-5-8-23-13)15(17(19)21)18-9-11(2)22-12(3)10-18/h4-6,8,11-12H,1,7,9-10H2,2-3H3. The van der Waals surface area contributed by atoms with Gasteiger partial charge in [-0.15, -0.1) is 17.9 Å². The van der Waals surface area contributed by atoms with Gasteiger partial charge in [0.1, 0.15) is 5.70 Å². The molecule has 6 heteroatoms. The molecule has 5 nitrogen and oxygen atoms in total. The van der Waals surface area contributed by atoms with Gasteiger partial charge in [0.05, 0.1) is 17.8 Å². The average molecular weight is 332 g/mol. The molecule has 2 atom stereocenters. The van der Waals surface area contributed by atoms with Crippen molar-refractivity contribution in [1.29, 1.82) is 0 Å². The molecule has 0 radical (unpaired) electrons. The van der Waals surface area contributed by atoms with Gasteiger partial charge >= 0.3 is 0 Å². The molecule has 2 aliphatic heterocycles. The van der Waals surface area contributed by atoms with E-state index in [-0.39, 0.29) is 30.6 Å². The smallest absolute Gasteiger partial charge is 0.278 e. The summed E-state index contributed by atoms with van der Waals surface area (Å²) >= 11 is 1.47. The third-order valence-electron chi connectivity index (χ3n) is 3.96. The van der Waals surface area contributed by atoms with Crippen molar-refractivity contribution in [2.45, 2.75) is 26.1 Å². The van der Waals surface area contributed by atoms with E-state index >= 15 is 0 Å². The molecule has 122 valence electrons. The first-order valence-corrected chi connectivity index (χ1v) is 8.56. The van der Waals surface area contributed by atoms with Gasteiger partial charge in [-0.2, -0.15) is 0 Å². The fourth-order valence-electron chi connectivity index (χ4n) is 3.15. The Morgan fingerprint density at radius 2 is 2.00 bits per heavy atom. The molecule has 1 aromatic rings. The zero-order valence-corrected chi connectivity index (χ0v) is 14.1. The van der Waals surface area contributed by atoms with E-state index in [1.165, 1.54) is 16.2 Å². The number of imide groups is 1. The predicted molar refractivity (Wildman–Crippen MR) is 89.7 cm³/mol. The normalized spacial score (nSPS) is 25.5. The Bertz CT molecular complexity index is 655. The average Bonchev–Trinajstić information content (AvgIpc) is 3.08. The van der Waals surface area contributed by atoms with Gasteiger partial charge in [0, 0.05) is 24.5 Å². The second-order valence-corrected chi connectivity index (χ2v) is 6.82. The fourth-order valence-corrected chi connectivity index (χ4v) is 3.92. The maximum atomic E-state index is 12.8. The summed E-state index contributed by atoms with van der Waals surface area (Å²) in [7, 11) is 0. The van der Waals surface area contributed by atoms with Crippen LogP contribution in [0.1, 0.15) is 18.7 Å². The van der Waals surface area contributed by atoms with Crippen LogP contribution >= 0.6 is 11.3 Å². The third-order valence-corrected chi connectivity index (χ3v) is 4.85. The molecule has 1 saturated heterocycles. The quantitative estimate of drug-likeness (QED) is 0.626. The van der Waals surface area contributed by atoms with Gasteiger partial charge in [0.15, 0.2) is 0 Å². The summed E-state index contributed by atoms with van der Waals surface area (Å²) in [5, 5.41) is 1.92. The molecule has 2 unspecified atom stereocenters. The maximum Gasteiger partial charge on any atom is 0.278 e. The minimum atomic E-state index is -0.237. The Balaban J connectivity index is 2.05. The van der Waals surface area contributed by atoms with Crippen molar-refractivity contribution in [2.75, 3.05) is 19.6 Å². The molecular weight excluding hydrogens is 312 g/mol. The second-order valence-electron chi connectivity index (χ2n) is 5.87. The van der Waals surface area contributed by atoms with Gasteiger partial charge < -0.3 is 9.64 Å². The van der Waals surface area contributed by atoms with E-state index in [1.54, 1.807) is 6.08 Å². The summed E-state index contributed by atoms with van der Waals surface area (Å²) in [5.41, 5.74) is 1.01. The van der Waals surface area contributed by atoms with Crippen LogP contribution in [0.15, 0.2) is 35.9 Å². The molecule has 3 rings (SSSR count). The topological polar surface area (TPSA) is 49.9 Å². The van der Waals surface area contributed by atoms with E-state index < -0.39 is 0 Å². The van der Waals surface area contributed by atoms with Crippen molar-refractivity contribution in [3.8, 4) is 0 Å². The Morgan fingerprint density at radius 1 is 1.30 bits per heavy atom. The number of amides is 2. The molecule has 23 heavy (non-hydrogen) atoms. The highest BCUT2D eigenvalue weighted by atomic mass is 32.1. The highest BCUT2D eigenvalue weighted by molar-refractivity contribution is 7.11. The number of thiophene rings is 1. The van der Waals surface area contributed by atoms with Crippen molar-refractivity contribution in [1.82, 2.24) is 9.80 Å². The lowest BCUT2D eigenvalue weighted by Crippen LogP contribution is -2.47. The lowest BCUT2D eigenvalue weighted by molar-refractivity contribution is -0.137. The van der Waals surface area contributed by atoms with Crippen molar-refractivity contribution < 1.29 is 14.3 Å². The number of nitrogens with zero attached hydrogens (tertiary/aromatic N) is 2. The Kier molecular flexibility index (Phi) is 4.37. The molecule has 3 heterocycles. The highest BCUT2D eigenvalue weighted by Crippen LogP contribution is 2.34. The van der Waals surface area contributed by atoms with Crippen LogP contribution in [0.3, 0.4) is 0 Å². The van der Waals surface area contributed by atoms with Crippen LogP contribution in [0.25, 0.3) is 5.57 Å². The molecule has 0 saturated carbocycles. The first-order valence-electron chi connectivity index (χ1n) is 7.68. The summed E-state index contributed by atoms with van der Waals surface area (Å²) in [6.45, 7) is 9.05. The molecule has 2 aliphatic rings. The number of hydrogen-bond acceptors (Lipinski definition) is 5. The minimum Gasteiger partial charge on any atom is -0.372 e. The number of ether oxygens (including phenoxy) is 1. The Hall–Kier alpha value is -1.92. The van der Waals surface area contributed by atoms with Crippen LogP contribution in [-0.2, 0) is 14.3 Å². The highest BCUT2D eigenvalue weighted by Gasteiger charge is 2.42. The van der Waals surface area contributed by atoms with Crippen LogP contribution in [0.5, 0.6) is 0 Å². The number of carbonyl (C=O) groups excluding carboxylic acids is 2. The number of hydrogen-bond donors (Lipinski definition) is 0. The molecule has 0 spiro atoms. The van der Waals surface area contributed by atoms with Gasteiger partial charge in [0.2, 0.25) is 0 Å². The molecule has 0 bridgehead atoms. The molecular formula is C17H20N2O3S.